The van der Waals surface area contributed by atoms with Gasteiger partial charge in [-0.15, -0.1) is 0 Å². The summed E-state index contributed by atoms with van der Waals surface area (Å²) in [4.78, 5) is 22.8. The lowest BCUT2D eigenvalue weighted by molar-refractivity contribution is -0.116. The molecule has 0 unspecified atom stereocenters. The van der Waals surface area contributed by atoms with Crippen LogP contribution in [-0.4, -0.2) is 15.9 Å². The van der Waals surface area contributed by atoms with Gasteiger partial charge in [-0.2, -0.15) is 0 Å². The van der Waals surface area contributed by atoms with Crippen LogP contribution in [0.1, 0.15) is 73.9 Å². The van der Waals surface area contributed by atoms with Crippen LogP contribution in [0.15, 0.2) is 48.5 Å². The summed E-state index contributed by atoms with van der Waals surface area (Å²) in [5.74, 6) is 1.12. The van der Waals surface area contributed by atoms with E-state index in [1.165, 1.54) is 43.7 Å². The van der Waals surface area contributed by atoms with Gasteiger partial charge < -0.3 is 5.32 Å². The highest BCUT2D eigenvalue weighted by atomic mass is 19.1. The third-order valence-electron chi connectivity index (χ3n) is 7.48. The summed E-state index contributed by atoms with van der Waals surface area (Å²) in [5, 5.41) is 3.10. The van der Waals surface area contributed by atoms with Crippen LogP contribution >= 0.6 is 0 Å². The zero-order valence-electron chi connectivity index (χ0n) is 20.4. The molecule has 2 aromatic carbocycles. The van der Waals surface area contributed by atoms with Crippen molar-refractivity contribution in [1.29, 1.82) is 0 Å². The smallest absolute Gasteiger partial charge is 0.225 e. The lowest BCUT2D eigenvalue weighted by atomic mass is 9.85. The topological polar surface area (TPSA) is 54.9 Å². The predicted molar refractivity (Wildman–Crippen MR) is 138 cm³/mol. The lowest BCUT2D eigenvalue weighted by Gasteiger charge is -2.23. The summed E-state index contributed by atoms with van der Waals surface area (Å²) in [5.41, 5.74) is 5.82. The minimum absolute atomic E-state index is 0.00706. The molecule has 0 saturated heterocycles. The number of anilines is 1. The Morgan fingerprint density at radius 1 is 0.971 bits per heavy atom. The van der Waals surface area contributed by atoms with Crippen molar-refractivity contribution in [3.63, 3.8) is 0 Å². The fraction of sp³-hybridized carbons (Fsp3) is 0.433. The zero-order valence-corrected chi connectivity index (χ0v) is 20.4. The summed E-state index contributed by atoms with van der Waals surface area (Å²) in [6, 6.07) is 15.2. The largest absolute Gasteiger partial charge is 0.309 e. The maximum atomic E-state index is 13.8. The van der Waals surface area contributed by atoms with Gasteiger partial charge in [0.15, 0.2) is 5.82 Å². The highest BCUT2D eigenvalue weighted by molar-refractivity contribution is 5.90. The monoisotopic (exact) mass is 471 g/mol. The quantitative estimate of drug-likeness (QED) is 0.391. The molecule has 1 fully saturated rings. The number of carbonyl (C=O) groups is 1. The van der Waals surface area contributed by atoms with Gasteiger partial charge in [-0.25, -0.2) is 14.4 Å². The molecule has 182 valence electrons. The van der Waals surface area contributed by atoms with Crippen molar-refractivity contribution >= 4 is 11.7 Å². The number of benzene rings is 2. The molecule has 1 heterocycles. The van der Waals surface area contributed by atoms with Crippen molar-refractivity contribution in [2.45, 2.75) is 77.0 Å². The minimum atomic E-state index is -0.211. The Labute approximate surface area is 207 Å². The van der Waals surface area contributed by atoms with Crippen LogP contribution in [0, 0.1) is 11.7 Å². The van der Waals surface area contributed by atoms with Gasteiger partial charge in [-0.1, -0.05) is 62.4 Å². The van der Waals surface area contributed by atoms with E-state index in [0.717, 1.165) is 66.2 Å². The maximum Gasteiger partial charge on any atom is 0.225 e. The van der Waals surface area contributed by atoms with Crippen LogP contribution in [0.3, 0.4) is 0 Å². The van der Waals surface area contributed by atoms with E-state index in [1.54, 1.807) is 6.07 Å². The van der Waals surface area contributed by atoms with E-state index >= 15 is 0 Å². The normalized spacial score (nSPS) is 15.3. The van der Waals surface area contributed by atoms with Gasteiger partial charge in [0.2, 0.25) is 5.91 Å². The molecule has 0 spiro atoms. The summed E-state index contributed by atoms with van der Waals surface area (Å²) in [6.07, 6.45) is 12.0. The number of aromatic nitrogens is 2. The first-order valence-corrected chi connectivity index (χ1v) is 13.2. The molecule has 0 atom stereocenters. The summed E-state index contributed by atoms with van der Waals surface area (Å²) < 4.78 is 13.8. The lowest BCUT2D eigenvalue weighted by Crippen LogP contribution is -2.19. The number of halogens is 1. The number of nitrogens with zero attached hydrogens (tertiary/aromatic N) is 2. The Kier molecular flexibility index (Phi) is 7.51. The number of fused-ring (bicyclic) bond motifs is 3. The predicted octanol–water partition coefficient (Wildman–Crippen LogP) is 6.86. The molecule has 5 heteroatoms. The molecule has 1 saturated carbocycles. The van der Waals surface area contributed by atoms with Crippen molar-refractivity contribution in [2.24, 2.45) is 5.92 Å². The number of rotatable bonds is 8. The standard InChI is InChI=1S/C30H34FN3O/c31-24-16-17-25-23(20-24)15-19-26-29(25)32-27(18-14-22-10-5-2-6-11-22)30(33-26)34-28(35)13-7-12-21-8-3-1-4-9-21/h1,3-4,8-9,16-17,20,22H,2,5-7,10-15,18-19H2,(H,33,34,35). The molecule has 0 aliphatic heterocycles. The van der Waals surface area contributed by atoms with Crippen LogP contribution < -0.4 is 5.32 Å². The van der Waals surface area contributed by atoms with E-state index in [2.05, 4.69) is 17.4 Å². The highest BCUT2D eigenvalue weighted by Gasteiger charge is 2.23. The second-order valence-electron chi connectivity index (χ2n) is 10.0. The van der Waals surface area contributed by atoms with Crippen LogP contribution in [0.25, 0.3) is 11.3 Å². The van der Waals surface area contributed by atoms with Gasteiger partial charge in [0.1, 0.15) is 5.82 Å². The number of aryl methyl sites for hydroxylation is 4. The Hall–Kier alpha value is -3.08. The second-order valence-corrected chi connectivity index (χ2v) is 10.0. The molecule has 1 amide bonds. The van der Waals surface area contributed by atoms with Crippen LogP contribution in [0.2, 0.25) is 0 Å². The SMILES string of the molecule is O=C(CCCc1ccccc1)Nc1nc2c(nc1CCC1CCCCC1)-c1ccc(F)cc1CC2. The Balaban J connectivity index is 1.34. The second kappa shape index (κ2) is 11.1. The van der Waals surface area contributed by atoms with E-state index in [4.69, 9.17) is 9.97 Å². The summed E-state index contributed by atoms with van der Waals surface area (Å²) in [6.45, 7) is 0. The fourth-order valence-electron chi connectivity index (χ4n) is 5.53. The fourth-order valence-corrected chi connectivity index (χ4v) is 5.53. The Morgan fingerprint density at radius 2 is 1.80 bits per heavy atom. The molecule has 3 aromatic rings. The van der Waals surface area contributed by atoms with E-state index < -0.39 is 0 Å². The Bertz CT molecular complexity index is 1170. The molecule has 1 N–H and O–H groups in total. The van der Waals surface area contributed by atoms with Crippen LogP contribution in [0.4, 0.5) is 10.2 Å². The van der Waals surface area contributed by atoms with Crippen LogP contribution in [0.5, 0.6) is 0 Å². The van der Waals surface area contributed by atoms with Crippen molar-refractivity contribution in [2.75, 3.05) is 5.32 Å². The molecule has 35 heavy (non-hydrogen) atoms. The number of carbonyl (C=O) groups excluding carboxylic acids is 1. The third kappa shape index (κ3) is 5.95. The molecular formula is C30H34FN3O. The number of hydrogen-bond acceptors (Lipinski definition) is 3. The van der Waals surface area contributed by atoms with Gasteiger partial charge in [0.25, 0.3) is 0 Å². The van der Waals surface area contributed by atoms with Crippen molar-refractivity contribution in [3.05, 3.63) is 76.9 Å². The first kappa shape index (κ1) is 23.7. The maximum absolute atomic E-state index is 13.8. The van der Waals surface area contributed by atoms with Gasteiger partial charge >= 0.3 is 0 Å². The summed E-state index contributed by atoms with van der Waals surface area (Å²) in [7, 11) is 0. The average molecular weight is 472 g/mol. The molecule has 2 aliphatic rings. The zero-order chi connectivity index (χ0) is 24.0. The third-order valence-corrected chi connectivity index (χ3v) is 7.48. The van der Waals surface area contributed by atoms with Crippen molar-refractivity contribution in [1.82, 2.24) is 9.97 Å². The van der Waals surface area contributed by atoms with Crippen molar-refractivity contribution < 1.29 is 9.18 Å². The molecule has 5 rings (SSSR count). The number of nitrogens with one attached hydrogen (secondary N) is 1. The van der Waals surface area contributed by atoms with E-state index in [9.17, 15) is 9.18 Å². The average Bonchev–Trinajstić information content (AvgIpc) is 2.88. The van der Waals surface area contributed by atoms with Gasteiger partial charge in [-0.3, -0.25) is 4.79 Å². The van der Waals surface area contributed by atoms with E-state index in [0.29, 0.717) is 18.7 Å². The Morgan fingerprint density at radius 3 is 2.63 bits per heavy atom. The van der Waals surface area contributed by atoms with Crippen LogP contribution in [-0.2, 0) is 30.5 Å². The minimum Gasteiger partial charge on any atom is -0.309 e. The number of hydrogen-bond donors (Lipinski definition) is 1. The van der Waals surface area contributed by atoms with E-state index in [1.807, 2.05) is 24.3 Å². The highest BCUT2D eigenvalue weighted by Crippen LogP contribution is 2.34. The van der Waals surface area contributed by atoms with Gasteiger partial charge in [0, 0.05) is 12.0 Å². The summed E-state index contributed by atoms with van der Waals surface area (Å²) >= 11 is 0. The first-order valence-electron chi connectivity index (χ1n) is 13.2. The molecular weight excluding hydrogens is 437 g/mol. The molecule has 2 aliphatic carbocycles. The molecule has 4 nitrogen and oxygen atoms in total. The van der Waals surface area contributed by atoms with Gasteiger partial charge in [0.05, 0.1) is 17.1 Å². The van der Waals surface area contributed by atoms with Crippen molar-refractivity contribution in [3.8, 4) is 11.3 Å². The number of amides is 1. The molecule has 1 aromatic heterocycles. The van der Waals surface area contributed by atoms with Gasteiger partial charge in [-0.05, 0) is 73.8 Å². The molecule has 0 bridgehead atoms. The van der Waals surface area contributed by atoms with E-state index in [-0.39, 0.29) is 11.7 Å². The molecule has 0 radical (unpaired) electrons. The first-order chi connectivity index (χ1) is 17.2.